The Kier molecular flexibility index (Phi) is 1.41. The molecule has 0 saturated heterocycles. The summed E-state index contributed by atoms with van der Waals surface area (Å²) in [5, 5.41) is 9.28. The minimum absolute atomic E-state index is 0.885. The first-order valence-electron chi connectivity index (χ1n) is 4.38. The van der Waals surface area contributed by atoms with E-state index in [4.69, 9.17) is 0 Å². The fraction of sp³-hybridized carbons (Fsp3) is 0. The Morgan fingerprint density at radius 3 is 2.64 bits per heavy atom. The fourth-order valence-corrected chi connectivity index (χ4v) is 1.51. The van der Waals surface area contributed by atoms with Crippen LogP contribution in [-0.2, 0) is 0 Å². The number of aromatic amines is 1. The number of nitrogens with one attached hydrogen (secondary N) is 1. The Balaban J connectivity index is 2.24. The van der Waals surface area contributed by atoms with E-state index in [0.717, 1.165) is 11.3 Å². The summed E-state index contributed by atoms with van der Waals surface area (Å²) >= 11 is 0. The summed E-state index contributed by atoms with van der Waals surface area (Å²) in [5.41, 5.74) is 1.10. The first kappa shape index (κ1) is 7.32. The Labute approximate surface area is 80.2 Å². The maximum absolute atomic E-state index is 4.06. The van der Waals surface area contributed by atoms with Crippen molar-refractivity contribution < 1.29 is 0 Å². The molecule has 2 heterocycles. The zero-order valence-electron chi connectivity index (χ0n) is 7.38. The Morgan fingerprint density at radius 2 is 1.86 bits per heavy atom. The van der Waals surface area contributed by atoms with Crippen molar-refractivity contribution in [2.75, 3.05) is 0 Å². The summed E-state index contributed by atoms with van der Waals surface area (Å²) in [5.74, 6) is 0.885. The molecule has 0 spiro atoms. The SMILES string of the molecule is c1ccc2[nH]c(-n3nccn3)cc2c1. The van der Waals surface area contributed by atoms with Gasteiger partial charge in [0.15, 0.2) is 5.82 Å². The molecule has 4 heteroatoms. The Hall–Kier alpha value is -2.10. The number of H-pyrrole nitrogens is 1. The molecule has 1 N–H and O–H groups in total. The number of hydrogen-bond donors (Lipinski definition) is 1. The number of fused-ring (bicyclic) bond motifs is 1. The van der Waals surface area contributed by atoms with E-state index in [-0.39, 0.29) is 0 Å². The van der Waals surface area contributed by atoms with E-state index in [9.17, 15) is 0 Å². The van der Waals surface area contributed by atoms with Crippen molar-refractivity contribution in [2.45, 2.75) is 0 Å². The highest BCUT2D eigenvalue weighted by Crippen LogP contribution is 2.15. The standard InChI is InChI=1S/C10H8N4/c1-2-4-9-8(3-1)7-10(13-9)14-11-5-6-12-14/h1-7,13H. The molecule has 0 unspecified atom stereocenters. The van der Waals surface area contributed by atoms with Gasteiger partial charge in [0.1, 0.15) is 0 Å². The van der Waals surface area contributed by atoms with Crippen LogP contribution in [0.3, 0.4) is 0 Å². The quantitative estimate of drug-likeness (QED) is 0.626. The average Bonchev–Trinajstić information content (AvgIpc) is 2.86. The highest BCUT2D eigenvalue weighted by Gasteiger charge is 2.01. The lowest BCUT2D eigenvalue weighted by Crippen LogP contribution is -1.97. The molecular formula is C10H8N4. The van der Waals surface area contributed by atoms with Gasteiger partial charge in [-0.3, -0.25) is 0 Å². The van der Waals surface area contributed by atoms with Gasteiger partial charge in [0.2, 0.25) is 0 Å². The number of hydrogen-bond acceptors (Lipinski definition) is 2. The zero-order chi connectivity index (χ0) is 9.38. The lowest BCUT2D eigenvalue weighted by molar-refractivity contribution is 0.736. The molecule has 0 aliphatic rings. The molecule has 0 fully saturated rings. The van der Waals surface area contributed by atoms with Gasteiger partial charge in [0.25, 0.3) is 0 Å². The molecular weight excluding hydrogens is 176 g/mol. The van der Waals surface area contributed by atoms with Crippen molar-refractivity contribution in [3.05, 3.63) is 42.7 Å². The van der Waals surface area contributed by atoms with Crippen LogP contribution in [0, 0.1) is 0 Å². The van der Waals surface area contributed by atoms with Crippen molar-refractivity contribution >= 4 is 10.9 Å². The number of benzene rings is 1. The molecule has 0 amide bonds. The highest BCUT2D eigenvalue weighted by molar-refractivity contribution is 5.81. The molecule has 0 bridgehead atoms. The summed E-state index contributed by atoms with van der Waals surface area (Å²) < 4.78 is 0. The number of para-hydroxylation sites is 1. The molecule has 68 valence electrons. The molecule has 0 saturated carbocycles. The molecule has 2 aromatic heterocycles. The lowest BCUT2D eigenvalue weighted by atomic mass is 10.2. The van der Waals surface area contributed by atoms with Crippen molar-refractivity contribution in [2.24, 2.45) is 0 Å². The van der Waals surface area contributed by atoms with Gasteiger partial charge in [-0.15, -0.1) is 4.80 Å². The predicted octanol–water partition coefficient (Wildman–Crippen LogP) is 1.75. The summed E-state index contributed by atoms with van der Waals surface area (Å²) in [6.07, 6.45) is 3.32. The molecule has 14 heavy (non-hydrogen) atoms. The third kappa shape index (κ3) is 1.01. The molecule has 0 radical (unpaired) electrons. The summed E-state index contributed by atoms with van der Waals surface area (Å²) in [7, 11) is 0. The van der Waals surface area contributed by atoms with Crippen LogP contribution in [0.15, 0.2) is 42.7 Å². The topological polar surface area (TPSA) is 46.5 Å². The van der Waals surface area contributed by atoms with Gasteiger partial charge in [-0.2, -0.15) is 10.2 Å². The zero-order valence-corrected chi connectivity index (χ0v) is 7.38. The van der Waals surface area contributed by atoms with E-state index in [2.05, 4.69) is 21.2 Å². The van der Waals surface area contributed by atoms with E-state index in [1.807, 2.05) is 24.3 Å². The summed E-state index contributed by atoms with van der Waals surface area (Å²) in [6, 6.07) is 10.1. The van der Waals surface area contributed by atoms with Crippen LogP contribution in [0.5, 0.6) is 0 Å². The summed E-state index contributed by atoms with van der Waals surface area (Å²) in [4.78, 5) is 4.81. The van der Waals surface area contributed by atoms with E-state index in [1.54, 1.807) is 17.2 Å². The van der Waals surface area contributed by atoms with Crippen LogP contribution in [0.25, 0.3) is 16.7 Å². The predicted molar refractivity (Wildman–Crippen MR) is 53.2 cm³/mol. The minimum atomic E-state index is 0.885. The fourth-order valence-electron chi connectivity index (χ4n) is 1.51. The average molecular weight is 184 g/mol. The van der Waals surface area contributed by atoms with Crippen molar-refractivity contribution in [3.63, 3.8) is 0 Å². The normalized spacial score (nSPS) is 10.9. The maximum atomic E-state index is 4.06. The van der Waals surface area contributed by atoms with Crippen LogP contribution >= 0.6 is 0 Å². The van der Waals surface area contributed by atoms with Gasteiger partial charge in [-0.1, -0.05) is 18.2 Å². The first-order chi connectivity index (χ1) is 6.93. The second-order valence-corrected chi connectivity index (χ2v) is 3.06. The van der Waals surface area contributed by atoms with E-state index >= 15 is 0 Å². The second kappa shape index (κ2) is 2.70. The number of nitrogens with zero attached hydrogens (tertiary/aromatic N) is 3. The van der Waals surface area contributed by atoms with Crippen molar-refractivity contribution in [1.29, 1.82) is 0 Å². The van der Waals surface area contributed by atoms with Gasteiger partial charge in [-0.25, -0.2) is 0 Å². The van der Waals surface area contributed by atoms with Gasteiger partial charge in [0, 0.05) is 10.9 Å². The number of rotatable bonds is 1. The molecule has 1 aromatic carbocycles. The van der Waals surface area contributed by atoms with E-state index < -0.39 is 0 Å². The maximum Gasteiger partial charge on any atom is 0.153 e. The molecule has 3 rings (SSSR count). The van der Waals surface area contributed by atoms with Crippen LogP contribution in [0.4, 0.5) is 0 Å². The molecule has 0 aliphatic heterocycles. The van der Waals surface area contributed by atoms with Gasteiger partial charge in [-0.05, 0) is 12.1 Å². The van der Waals surface area contributed by atoms with Crippen molar-refractivity contribution in [1.82, 2.24) is 20.0 Å². The van der Waals surface area contributed by atoms with E-state index in [0.29, 0.717) is 0 Å². The van der Waals surface area contributed by atoms with Crippen LogP contribution < -0.4 is 0 Å². The molecule has 0 aliphatic carbocycles. The smallest absolute Gasteiger partial charge is 0.153 e. The second-order valence-electron chi connectivity index (χ2n) is 3.06. The first-order valence-corrected chi connectivity index (χ1v) is 4.38. The molecule has 4 nitrogen and oxygen atoms in total. The Morgan fingerprint density at radius 1 is 1.07 bits per heavy atom. The van der Waals surface area contributed by atoms with Crippen LogP contribution in [-0.4, -0.2) is 20.0 Å². The lowest BCUT2D eigenvalue weighted by Gasteiger charge is -1.91. The monoisotopic (exact) mass is 184 g/mol. The molecule has 3 aromatic rings. The van der Waals surface area contributed by atoms with Gasteiger partial charge in [0.05, 0.1) is 12.4 Å². The largest absolute Gasteiger partial charge is 0.338 e. The highest BCUT2D eigenvalue weighted by atomic mass is 15.5. The number of aromatic nitrogens is 4. The van der Waals surface area contributed by atoms with Gasteiger partial charge < -0.3 is 4.98 Å². The van der Waals surface area contributed by atoms with E-state index in [1.165, 1.54) is 5.39 Å². The van der Waals surface area contributed by atoms with Gasteiger partial charge >= 0.3 is 0 Å². The van der Waals surface area contributed by atoms with Crippen LogP contribution in [0.1, 0.15) is 0 Å². The Bertz CT molecular complexity index is 517. The molecule has 0 atom stereocenters. The minimum Gasteiger partial charge on any atom is -0.338 e. The van der Waals surface area contributed by atoms with Crippen LogP contribution in [0.2, 0.25) is 0 Å². The third-order valence-corrected chi connectivity index (χ3v) is 2.15. The summed E-state index contributed by atoms with van der Waals surface area (Å²) in [6.45, 7) is 0. The third-order valence-electron chi connectivity index (χ3n) is 2.15. The van der Waals surface area contributed by atoms with Crippen molar-refractivity contribution in [3.8, 4) is 5.82 Å².